The molecular weight excluding hydrogens is 462 g/mol. The maximum atomic E-state index is 6.49. The number of furan rings is 1. The lowest BCUT2D eigenvalue weighted by molar-refractivity contribution is 0.632. The molecule has 0 amide bonds. The summed E-state index contributed by atoms with van der Waals surface area (Å²) in [5.74, 6) is 1.37. The van der Waals surface area contributed by atoms with E-state index in [4.69, 9.17) is 9.40 Å². The molecule has 38 heavy (non-hydrogen) atoms. The molecule has 0 saturated carbocycles. The van der Waals surface area contributed by atoms with Crippen LogP contribution in [0.1, 0.15) is 25.3 Å². The average molecular weight is 490 g/mol. The first kappa shape index (κ1) is 22.5. The van der Waals surface area contributed by atoms with Gasteiger partial charge in [0.25, 0.3) is 0 Å². The molecule has 0 bridgehead atoms. The summed E-state index contributed by atoms with van der Waals surface area (Å²) in [6.45, 7) is 4.48. The van der Waals surface area contributed by atoms with Crippen molar-refractivity contribution < 1.29 is 4.42 Å². The summed E-state index contributed by atoms with van der Waals surface area (Å²) < 4.78 is 6.49. The summed E-state index contributed by atoms with van der Waals surface area (Å²) in [6.07, 6.45) is 1.94. The Labute approximate surface area is 222 Å². The van der Waals surface area contributed by atoms with Crippen LogP contribution in [0.15, 0.2) is 126 Å². The van der Waals surface area contributed by atoms with Crippen LogP contribution in [0.4, 0.5) is 0 Å². The molecule has 7 rings (SSSR count). The van der Waals surface area contributed by atoms with Gasteiger partial charge in [0, 0.05) is 33.7 Å². The standard InChI is InChI=1S/C36H27NO/c1-23(2)26-13-15-30-27(19-26)14-16-32-31(30)17-18-37-35(32)28-20-29-22-34(25-11-7-4-8-12-25)38-36(29)33(21-28)24-9-5-3-6-10-24/h3-23H,1-2H3. The number of nitrogens with zero attached hydrogens (tertiary/aromatic N) is 1. The zero-order chi connectivity index (χ0) is 25.6. The van der Waals surface area contributed by atoms with Crippen molar-refractivity contribution in [3.8, 4) is 33.7 Å². The van der Waals surface area contributed by atoms with Gasteiger partial charge in [0.2, 0.25) is 0 Å². The molecule has 0 N–H and O–H groups in total. The van der Waals surface area contributed by atoms with Gasteiger partial charge in [-0.15, -0.1) is 0 Å². The van der Waals surface area contributed by atoms with Gasteiger partial charge in [-0.1, -0.05) is 105 Å². The molecule has 2 heterocycles. The summed E-state index contributed by atoms with van der Waals surface area (Å²) in [7, 11) is 0. The van der Waals surface area contributed by atoms with Crippen molar-refractivity contribution >= 4 is 32.5 Å². The van der Waals surface area contributed by atoms with E-state index in [0.29, 0.717) is 5.92 Å². The molecule has 0 unspecified atom stereocenters. The Kier molecular flexibility index (Phi) is 5.33. The van der Waals surface area contributed by atoms with Crippen LogP contribution in [0.25, 0.3) is 66.2 Å². The van der Waals surface area contributed by atoms with Crippen LogP contribution in [0.5, 0.6) is 0 Å². The lowest BCUT2D eigenvalue weighted by atomic mass is 9.93. The van der Waals surface area contributed by atoms with E-state index in [1.165, 1.54) is 21.7 Å². The van der Waals surface area contributed by atoms with E-state index in [1.54, 1.807) is 0 Å². The molecule has 0 fully saturated rings. The zero-order valence-electron chi connectivity index (χ0n) is 21.5. The molecule has 0 aliphatic rings. The fraction of sp³-hybridized carbons (Fsp3) is 0.0833. The Bertz CT molecular complexity index is 1930. The normalized spacial score (nSPS) is 11.7. The van der Waals surface area contributed by atoms with Gasteiger partial charge >= 0.3 is 0 Å². The first-order chi connectivity index (χ1) is 18.7. The van der Waals surface area contributed by atoms with E-state index in [1.807, 2.05) is 30.5 Å². The Morgan fingerprint density at radius 2 is 1.32 bits per heavy atom. The topological polar surface area (TPSA) is 26.0 Å². The number of hydrogen-bond acceptors (Lipinski definition) is 2. The molecule has 2 aromatic heterocycles. The van der Waals surface area contributed by atoms with Gasteiger partial charge in [-0.3, -0.25) is 4.98 Å². The third kappa shape index (κ3) is 3.77. The summed E-state index contributed by atoms with van der Waals surface area (Å²) >= 11 is 0. The first-order valence-corrected chi connectivity index (χ1v) is 13.2. The largest absolute Gasteiger partial charge is 0.455 e. The van der Waals surface area contributed by atoms with Gasteiger partial charge in [-0.2, -0.15) is 0 Å². The van der Waals surface area contributed by atoms with Gasteiger partial charge in [0.05, 0.1) is 5.69 Å². The van der Waals surface area contributed by atoms with Crippen molar-refractivity contribution in [1.29, 1.82) is 0 Å². The molecule has 2 heteroatoms. The zero-order valence-corrected chi connectivity index (χ0v) is 21.5. The van der Waals surface area contributed by atoms with Crippen LogP contribution in [0.3, 0.4) is 0 Å². The predicted molar refractivity (Wildman–Crippen MR) is 159 cm³/mol. The quantitative estimate of drug-likeness (QED) is 0.230. The number of hydrogen-bond donors (Lipinski definition) is 0. The first-order valence-electron chi connectivity index (χ1n) is 13.2. The second-order valence-corrected chi connectivity index (χ2v) is 10.2. The van der Waals surface area contributed by atoms with Crippen molar-refractivity contribution in [1.82, 2.24) is 4.98 Å². The summed E-state index contributed by atoms with van der Waals surface area (Å²) in [5, 5.41) is 5.98. The summed E-state index contributed by atoms with van der Waals surface area (Å²) in [4.78, 5) is 4.91. The van der Waals surface area contributed by atoms with E-state index in [-0.39, 0.29) is 0 Å². The van der Waals surface area contributed by atoms with E-state index >= 15 is 0 Å². The highest BCUT2D eigenvalue weighted by Crippen LogP contribution is 2.40. The summed E-state index contributed by atoms with van der Waals surface area (Å²) in [5.41, 5.74) is 7.59. The van der Waals surface area contributed by atoms with Gasteiger partial charge < -0.3 is 4.42 Å². The number of aromatic nitrogens is 1. The molecule has 0 aliphatic heterocycles. The third-order valence-electron chi connectivity index (χ3n) is 7.48. The third-order valence-corrected chi connectivity index (χ3v) is 7.48. The maximum Gasteiger partial charge on any atom is 0.142 e. The van der Waals surface area contributed by atoms with Crippen LogP contribution >= 0.6 is 0 Å². The molecule has 182 valence electrons. The molecule has 0 aliphatic carbocycles. The molecule has 0 saturated heterocycles. The Balaban J connectivity index is 1.47. The molecular formula is C36H27NO. The molecule has 2 nitrogen and oxygen atoms in total. The Morgan fingerprint density at radius 3 is 2.08 bits per heavy atom. The van der Waals surface area contributed by atoms with Gasteiger partial charge in [0.15, 0.2) is 0 Å². The van der Waals surface area contributed by atoms with Crippen molar-refractivity contribution in [2.24, 2.45) is 0 Å². The minimum atomic E-state index is 0.502. The van der Waals surface area contributed by atoms with Crippen LogP contribution in [0.2, 0.25) is 0 Å². The fourth-order valence-electron chi connectivity index (χ4n) is 5.47. The monoisotopic (exact) mass is 489 g/mol. The Morgan fingerprint density at radius 1 is 0.579 bits per heavy atom. The highest BCUT2D eigenvalue weighted by atomic mass is 16.3. The molecule has 0 atom stereocenters. The van der Waals surface area contributed by atoms with E-state index < -0.39 is 0 Å². The minimum Gasteiger partial charge on any atom is -0.455 e. The fourth-order valence-corrected chi connectivity index (χ4v) is 5.47. The smallest absolute Gasteiger partial charge is 0.142 e. The minimum absolute atomic E-state index is 0.502. The van der Waals surface area contributed by atoms with Crippen LogP contribution in [0, 0.1) is 0 Å². The maximum absolute atomic E-state index is 6.49. The van der Waals surface area contributed by atoms with Crippen LogP contribution in [-0.4, -0.2) is 4.98 Å². The van der Waals surface area contributed by atoms with Crippen molar-refractivity contribution in [2.45, 2.75) is 19.8 Å². The number of benzene rings is 5. The summed E-state index contributed by atoms with van der Waals surface area (Å²) in [6, 6.07) is 40.8. The van der Waals surface area contributed by atoms with Crippen molar-refractivity contribution in [2.75, 3.05) is 0 Å². The van der Waals surface area contributed by atoms with Gasteiger partial charge in [-0.05, 0) is 57.5 Å². The lowest BCUT2D eigenvalue weighted by Crippen LogP contribution is -1.90. The Hall–Kier alpha value is -4.69. The van der Waals surface area contributed by atoms with Crippen molar-refractivity contribution in [3.63, 3.8) is 0 Å². The average Bonchev–Trinajstić information content (AvgIpc) is 3.41. The molecule has 5 aromatic carbocycles. The second kappa shape index (κ2) is 9.00. The highest BCUT2D eigenvalue weighted by molar-refractivity contribution is 6.12. The molecule has 0 radical (unpaired) electrons. The molecule has 0 spiro atoms. The SMILES string of the molecule is CC(C)c1ccc2c(ccc3c(-c4cc(-c5ccccc5)c5oc(-c6ccccc6)cc5c4)nccc32)c1. The number of fused-ring (bicyclic) bond motifs is 4. The predicted octanol–water partition coefficient (Wildman–Crippen LogP) is 10.3. The highest BCUT2D eigenvalue weighted by Gasteiger charge is 2.16. The van der Waals surface area contributed by atoms with Crippen LogP contribution < -0.4 is 0 Å². The lowest BCUT2D eigenvalue weighted by Gasteiger charge is -2.12. The molecule has 7 aromatic rings. The van der Waals surface area contributed by atoms with Gasteiger partial charge in [-0.25, -0.2) is 0 Å². The van der Waals surface area contributed by atoms with E-state index in [9.17, 15) is 0 Å². The second-order valence-electron chi connectivity index (χ2n) is 10.2. The van der Waals surface area contributed by atoms with E-state index in [2.05, 4.69) is 105 Å². The van der Waals surface area contributed by atoms with Gasteiger partial charge in [0.1, 0.15) is 11.3 Å². The number of pyridine rings is 1. The van der Waals surface area contributed by atoms with Crippen LogP contribution in [-0.2, 0) is 0 Å². The van der Waals surface area contributed by atoms with Crippen molar-refractivity contribution in [3.05, 3.63) is 127 Å². The van der Waals surface area contributed by atoms with E-state index in [0.717, 1.165) is 50.1 Å². The number of rotatable bonds is 4.